The van der Waals surface area contributed by atoms with Crippen LogP contribution in [-0.4, -0.2) is 36.0 Å². The van der Waals surface area contributed by atoms with Crippen molar-refractivity contribution in [3.05, 3.63) is 0 Å². The topological polar surface area (TPSA) is 41.5 Å². The van der Waals surface area contributed by atoms with Crippen molar-refractivity contribution < 1.29 is 9.84 Å². The summed E-state index contributed by atoms with van der Waals surface area (Å²) in [4.78, 5) is 0. The van der Waals surface area contributed by atoms with Gasteiger partial charge in [0, 0.05) is 12.1 Å². The first-order valence-corrected chi connectivity index (χ1v) is 8.09. The van der Waals surface area contributed by atoms with E-state index >= 15 is 0 Å². The van der Waals surface area contributed by atoms with Crippen molar-refractivity contribution in [2.75, 3.05) is 13.2 Å². The SMILES string of the molecule is CC(C)(C)NC[C@H](O)CO[C@@H]1C(C)(C)[C@H]2CC[C@@]1(C)C2. The molecule has 0 aromatic rings. The molecular formula is C17H33NO2. The Morgan fingerprint density at radius 1 is 1.30 bits per heavy atom. The van der Waals surface area contributed by atoms with Gasteiger partial charge in [0.05, 0.1) is 18.8 Å². The number of aliphatic hydroxyl groups is 1. The minimum absolute atomic E-state index is 0.0403. The predicted molar refractivity (Wildman–Crippen MR) is 82.7 cm³/mol. The van der Waals surface area contributed by atoms with Crippen LogP contribution in [0.2, 0.25) is 0 Å². The van der Waals surface area contributed by atoms with Crippen LogP contribution in [0.15, 0.2) is 0 Å². The maximum Gasteiger partial charge on any atom is 0.0898 e. The molecule has 0 heterocycles. The van der Waals surface area contributed by atoms with Gasteiger partial charge in [0.25, 0.3) is 0 Å². The normalized spacial score (nSPS) is 37.4. The Morgan fingerprint density at radius 2 is 1.95 bits per heavy atom. The molecule has 2 aliphatic carbocycles. The summed E-state index contributed by atoms with van der Waals surface area (Å²) in [5, 5.41) is 13.4. The van der Waals surface area contributed by atoms with Crippen LogP contribution >= 0.6 is 0 Å². The lowest BCUT2D eigenvalue weighted by Gasteiger charge is -2.42. The van der Waals surface area contributed by atoms with E-state index in [0.717, 1.165) is 5.92 Å². The van der Waals surface area contributed by atoms with Crippen LogP contribution in [0.5, 0.6) is 0 Å². The van der Waals surface area contributed by atoms with Crippen molar-refractivity contribution in [2.24, 2.45) is 16.7 Å². The molecule has 20 heavy (non-hydrogen) atoms. The standard InChI is InChI=1S/C17H33NO2/c1-15(2,3)18-10-13(19)11-20-14-16(4,5)12-7-8-17(14,6)9-12/h12-14,18-19H,7-11H2,1-6H3/t12-,13-,14+,17-/m0/s1. The Labute approximate surface area is 124 Å². The van der Waals surface area contributed by atoms with Crippen molar-refractivity contribution >= 4 is 0 Å². The molecule has 2 saturated carbocycles. The monoisotopic (exact) mass is 283 g/mol. The fourth-order valence-corrected chi connectivity index (χ4v) is 4.36. The van der Waals surface area contributed by atoms with Crippen LogP contribution < -0.4 is 5.32 Å². The second kappa shape index (κ2) is 5.26. The molecule has 118 valence electrons. The van der Waals surface area contributed by atoms with Gasteiger partial charge in [0.15, 0.2) is 0 Å². The van der Waals surface area contributed by atoms with Crippen LogP contribution in [0.1, 0.15) is 60.8 Å². The van der Waals surface area contributed by atoms with Gasteiger partial charge in [-0.2, -0.15) is 0 Å². The molecule has 0 saturated heterocycles. The molecule has 3 heteroatoms. The number of nitrogens with one attached hydrogen (secondary N) is 1. The minimum Gasteiger partial charge on any atom is -0.389 e. The molecular weight excluding hydrogens is 250 g/mol. The molecule has 2 fully saturated rings. The van der Waals surface area contributed by atoms with Gasteiger partial charge in [-0.25, -0.2) is 0 Å². The summed E-state index contributed by atoms with van der Waals surface area (Å²) in [5.74, 6) is 0.794. The molecule has 0 spiro atoms. The van der Waals surface area contributed by atoms with E-state index in [1.54, 1.807) is 0 Å². The number of ether oxygens (including phenoxy) is 1. The number of rotatable bonds is 5. The largest absolute Gasteiger partial charge is 0.389 e. The first-order chi connectivity index (χ1) is 9.05. The average molecular weight is 283 g/mol. The van der Waals surface area contributed by atoms with Gasteiger partial charge in [0.1, 0.15) is 0 Å². The number of aliphatic hydroxyl groups excluding tert-OH is 1. The first kappa shape index (κ1) is 16.3. The number of hydrogen-bond donors (Lipinski definition) is 2. The molecule has 0 unspecified atom stereocenters. The van der Waals surface area contributed by atoms with Gasteiger partial charge >= 0.3 is 0 Å². The zero-order valence-corrected chi connectivity index (χ0v) is 14.1. The van der Waals surface area contributed by atoms with Gasteiger partial charge in [0.2, 0.25) is 0 Å². The van der Waals surface area contributed by atoms with Gasteiger partial charge in [-0.05, 0) is 56.8 Å². The van der Waals surface area contributed by atoms with Crippen LogP contribution in [0.3, 0.4) is 0 Å². The fraction of sp³-hybridized carbons (Fsp3) is 1.00. The zero-order valence-electron chi connectivity index (χ0n) is 14.1. The van der Waals surface area contributed by atoms with E-state index in [2.05, 4.69) is 46.9 Å². The molecule has 3 nitrogen and oxygen atoms in total. The van der Waals surface area contributed by atoms with E-state index in [9.17, 15) is 5.11 Å². The molecule has 0 aliphatic heterocycles. The second-order valence-electron chi connectivity index (χ2n) is 8.91. The third-order valence-electron chi connectivity index (χ3n) is 5.46. The number of β-amino-alcohol motifs (C(OH)–C–C–N with tert-alkyl or cyclic N) is 1. The summed E-state index contributed by atoms with van der Waals surface area (Å²) >= 11 is 0. The van der Waals surface area contributed by atoms with E-state index in [4.69, 9.17) is 4.74 Å². The molecule has 0 aromatic heterocycles. The van der Waals surface area contributed by atoms with Crippen molar-refractivity contribution in [2.45, 2.75) is 78.6 Å². The molecule has 0 amide bonds. The minimum atomic E-state index is -0.423. The van der Waals surface area contributed by atoms with E-state index in [-0.39, 0.29) is 17.1 Å². The fourth-order valence-electron chi connectivity index (χ4n) is 4.36. The van der Waals surface area contributed by atoms with Crippen molar-refractivity contribution in [3.8, 4) is 0 Å². The molecule has 2 N–H and O–H groups in total. The lowest BCUT2D eigenvalue weighted by atomic mass is 9.70. The van der Waals surface area contributed by atoms with Crippen LogP contribution in [0.25, 0.3) is 0 Å². The summed E-state index contributed by atoms with van der Waals surface area (Å²) in [5.41, 5.74) is 0.619. The third kappa shape index (κ3) is 3.20. The number of fused-ring (bicyclic) bond motifs is 2. The third-order valence-corrected chi connectivity index (χ3v) is 5.46. The summed E-state index contributed by atoms with van der Waals surface area (Å²) in [6, 6.07) is 0. The molecule has 0 radical (unpaired) electrons. The maximum atomic E-state index is 10.1. The summed E-state index contributed by atoms with van der Waals surface area (Å²) in [6.07, 6.45) is 3.78. The van der Waals surface area contributed by atoms with Gasteiger partial charge in [-0.15, -0.1) is 0 Å². The quantitative estimate of drug-likeness (QED) is 0.815. The summed E-state index contributed by atoms with van der Waals surface area (Å²) < 4.78 is 6.19. The van der Waals surface area contributed by atoms with E-state index in [1.807, 2.05) is 0 Å². The Hall–Kier alpha value is -0.120. The lowest BCUT2D eigenvalue weighted by Crippen LogP contribution is -2.46. The Bertz CT molecular complexity index is 343. The Kier molecular flexibility index (Phi) is 4.27. The van der Waals surface area contributed by atoms with E-state index in [1.165, 1.54) is 19.3 Å². The zero-order chi connectivity index (χ0) is 15.2. The highest BCUT2D eigenvalue weighted by Gasteiger charge is 2.60. The molecule has 0 aromatic carbocycles. The van der Waals surface area contributed by atoms with Gasteiger partial charge in [-0.3, -0.25) is 0 Å². The molecule has 4 atom stereocenters. The smallest absolute Gasteiger partial charge is 0.0898 e. The van der Waals surface area contributed by atoms with Crippen molar-refractivity contribution in [1.29, 1.82) is 0 Å². The van der Waals surface area contributed by atoms with Crippen LogP contribution in [-0.2, 0) is 4.74 Å². The Balaban J connectivity index is 1.85. The average Bonchev–Trinajstić information content (AvgIpc) is 2.76. The first-order valence-electron chi connectivity index (χ1n) is 8.09. The number of hydrogen-bond acceptors (Lipinski definition) is 3. The van der Waals surface area contributed by atoms with Gasteiger partial charge in [-0.1, -0.05) is 20.8 Å². The van der Waals surface area contributed by atoms with Gasteiger partial charge < -0.3 is 15.2 Å². The highest BCUT2D eigenvalue weighted by atomic mass is 16.5. The van der Waals surface area contributed by atoms with Crippen molar-refractivity contribution in [3.63, 3.8) is 0 Å². The maximum absolute atomic E-state index is 10.1. The van der Waals surface area contributed by atoms with E-state index in [0.29, 0.717) is 18.6 Å². The highest BCUT2D eigenvalue weighted by molar-refractivity contribution is 5.09. The summed E-state index contributed by atoms with van der Waals surface area (Å²) in [7, 11) is 0. The molecule has 2 bridgehead atoms. The predicted octanol–water partition coefficient (Wildman–Crippen LogP) is 2.97. The molecule has 2 rings (SSSR count). The molecule has 2 aliphatic rings. The van der Waals surface area contributed by atoms with Crippen LogP contribution in [0, 0.1) is 16.7 Å². The lowest BCUT2D eigenvalue weighted by molar-refractivity contribution is -0.110. The highest BCUT2D eigenvalue weighted by Crippen LogP contribution is 2.63. The second-order valence-corrected chi connectivity index (χ2v) is 8.91. The van der Waals surface area contributed by atoms with Crippen LogP contribution in [0.4, 0.5) is 0 Å². The van der Waals surface area contributed by atoms with E-state index < -0.39 is 6.10 Å². The Morgan fingerprint density at radius 3 is 2.45 bits per heavy atom. The summed E-state index contributed by atoms with van der Waals surface area (Å²) in [6.45, 7) is 14.4. The van der Waals surface area contributed by atoms with Crippen molar-refractivity contribution in [1.82, 2.24) is 5.32 Å².